The molecule has 3 rings (SSSR count). The lowest BCUT2D eigenvalue weighted by Crippen LogP contribution is -2.37. The van der Waals surface area contributed by atoms with Gasteiger partial charge in [0.25, 0.3) is 5.91 Å². The minimum atomic E-state index is -0.665. The van der Waals surface area contributed by atoms with Crippen LogP contribution in [0, 0.1) is 6.92 Å². The molecule has 0 aliphatic heterocycles. The van der Waals surface area contributed by atoms with Crippen molar-refractivity contribution in [1.29, 1.82) is 0 Å². The first-order valence-corrected chi connectivity index (χ1v) is 10.8. The summed E-state index contributed by atoms with van der Waals surface area (Å²) in [4.78, 5) is 33.4. The molecule has 0 aliphatic rings. The van der Waals surface area contributed by atoms with Gasteiger partial charge in [-0.15, -0.1) is 0 Å². The van der Waals surface area contributed by atoms with Gasteiger partial charge in [-0.05, 0) is 88.4 Å². The van der Waals surface area contributed by atoms with Crippen molar-refractivity contribution < 1.29 is 14.6 Å². The summed E-state index contributed by atoms with van der Waals surface area (Å²) in [5.41, 5.74) is 2.74. The van der Waals surface area contributed by atoms with Crippen LogP contribution in [0.4, 0.5) is 0 Å². The third-order valence-corrected chi connectivity index (χ3v) is 5.15. The van der Waals surface area contributed by atoms with Crippen LogP contribution in [0.5, 0.6) is 11.5 Å². The Kier molecular flexibility index (Phi) is 7.84. The van der Waals surface area contributed by atoms with Gasteiger partial charge in [-0.25, -0.2) is 4.79 Å². The Bertz CT molecular complexity index is 1170. The summed E-state index contributed by atoms with van der Waals surface area (Å²) < 4.78 is 5.83. The van der Waals surface area contributed by atoms with Crippen molar-refractivity contribution in [1.82, 2.24) is 20.2 Å². The molecule has 33 heavy (non-hydrogen) atoms. The Morgan fingerprint density at radius 3 is 2.70 bits per heavy atom. The summed E-state index contributed by atoms with van der Waals surface area (Å²) in [5, 5.41) is 12.7. The number of nitrogens with one attached hydrogen (secondary N) is 2. The van der Waals surface area contributed by atoms with Crippen molar-refractivity contribution in [2.24, 2.45) is 0 Å². The van der Waals surface area contributed by atoms with Crippen LogP contribution in [0.1, 0.15) is 18.9 Å². The number of ether oxygens (including phenoxy) is 1. The highest BCUT2D eigenvalue weighted by molar-refractivity contribution is 5.80. The molecule has 0 spiro atoms. The van der Waals surface area contributed by atoms with Gasteiger partial charge in [0, 0.05) is 12.1 Å². The number of aryl methyl sites for hydroxylation is 1. The number of carbonyl (C=O) groups excluding carboxylic acids is 1. The lowest BCUT2D eigenvalue weighted by molar-refractivity contribution is -0.127. The summed E-state index contributed by atoms with van der Waals surface area (Å²) >= 11 is 0. The molecular weight excluding hydrogens is 420 g/mol. The van der Waals surface area contributed by atoms with Gasteiger partial charge in [0.15, 0.2) is 6.10 Å². The number of rotatable bonds is 9. The minimum Gasteiger partial charge on any atom is -0.508 e. The SMILES string of the molecule is Cc1cc(-c2cc(-c3cccc(OC(C)C(=O)NCCCN(C)C)c3)nc(=O)[nH]2)ccc1O. The first-order valence-electron chi connectivity index (χ1n) is 10.8. The fourth-order valence-electron chi connectivity index (χ4n) is 3.32. The van der Waals surface area contributed by atoms with Crippen LogP contribution in [-0.4, -0.2) is 59.2 Å². The van der Waals surface area contributed by atoms with E-state index in [0.717, 1.165) is 18.5 Å². The predicted octanol–water partition coefficient (Wildman–Crippen LogP) is 2.95. The zero-order valence-electron chi connectivity index (χ0n) is 19.4. The van der Waals surface area contributed by atoms with Gasteiger partial charge in [-0.3, -0.25) is 4.79 Å². The van der Waals surface area contributed by atoms with Gasteiger partial charge < -0.3 is 25.0 Å². The zero-order valence-corrected chi connectivity index (χ0v) is 19.4. The van der Waals surface area contributed by atoms with Crippen molar-refractivity contribution >= 4 is 5.91 Å². The fraction of sp³-hybridized carbons (Fsp3) is 0.320. The number of amides is 1. The number of hydrogen-bond acceptors (Lipinski definition) is 6. The molecule has 0 saturated heterocycles. The number of aromatic nitrogens is 2. The molecule has 1 aromatic heterocycles. The van der Waals surface area contributed by atoms with Crippen LogP contribution in [0.25, 0.3) is 22.5 Å². The van der Waals surface area contributed by atoms with Gasteiger partial charge in [0.05, 0.1) is 11.4 Å². The molecule has 0 bridgehead atoms. The highest BCUT2D eigenvalue weighted by Gasteiger charge is 2.15. The molecule has 1 amide bonds. The Labute approximate surface area is 193 Å². The van der Waals surface area contributed by atoms with Gasteiger partial charge in [0.1, 0.15) is 11.5 Å². The molecule has 8 heteroatoms. The summed E-state index contributed by atoms with van der Waals surface area (Å²) in [5.74, 6) is 0.516. The van der Waals surface area contributed by atoms with Crippen molar-refractivity contribution in [3.8, 4) is 34.0 Å². The molecule has 174 valence electrons. The maximum absolute atomic E-state index is 12.3. The Balaban J connectivity index is 1.75. The molecule has 2 aromatic carbocycles. The van der Waals surface area contributed by atoms with Crippen LogP contribution in [0.2, 0.25) is 0 Å². The smallest absolute Gasteiger partial charge is 0.345 e. The second-order valence-electron chi connectivity index (χ2n) is 8.22. The maximum atomic E-state index is 12.3. The first-order chi connectivity index (χ1) is 15.7. The summed E-state index contributed by atoms with van der Waals surface area (Å²) in [7, 11) is 3.98. The normalized spacial score (nSPS) is 11.9. The molecule has 1 unspecified atom stereocenters. The number of phenols is 1. The Morgan fingerprint density at radius 2 is 1.97 bits per heavy atom. The number of phenolic OH excluding ortho intramolecular Hbond substituents is 1. The number of carbonyl (C=O) groups is 1. The van der Waals surface area contributed by atoms with E-state index in [4.69, 9.17) is 4.74 Å². The molecule has 1 atom stereocenters. The van der Waals surface area contributed by atoms with Crippen molar-refractivity contribution in [3.63, 3.8) is 0 Å². The monoisotopic (exact) mass is 450 g/mol. The van der Waals surface area contributed by atoms with Gasteiger partial charge in [-0.1, -0.05) is 12.1 Å². The molecule has 0 fully saturated rings. The second kappa shape index (κ2) is 10.8. The highest BCUT2D eigenvalue weighted by Crippen LogP contribution is 2.27. The van der Waals surface area contributed by atoms with E-state index in [0.29, 0.717) is 34.8 Å². The van der Waals surface area contributed by atoms with Crippen molar-refractivity contribution in [2.45, 2.75) is 26.4 Å². The van der Waals surface area contributed by atoms with E-state index in [-0.39, 0.29) is 11.7 Å². The topological polar surface area (TPSA) is 108 Å². The Hall–Kier alpha value is -3.65. The Morgan fingerprint density at radius 1 is 1.18 bits per heavy atom. The van der Waals surface area contributed by atoms with Crippen LogP contribution < -0.4 is 15.7 Å². The van der Waals surface area contributed by atoms with Crippen LogP contribution in [0.3, 0.4) is 0 Å². The second-order valence-corrected chi connectivity index (χ2v) is 8.22. The quantitative estimate of drug-likeness (QED) is 0.433. The standard InChI is InChI=1S/C25H30N4O4/c1-16-13-19(9-10-23(16)30)22-15-21(27-25(32)28-22)18-7-5-8-20(14-18)33-17(2)24(31)26-11-6-12-29(3)4/h5,7-10,13-15,17,30H,6,11-12H2,1-4H3,(H,26,31)(H,27,28,32). The molecule has 0 saturated carbocycles. The highest BCUT2D eigenvalue weighted by atomic mass is 16.5. The van der Waals surface area contributed by atoms with E-state index in [1.807, 2.05) is 20.2 Å². The minimum absolute atomic E-state index is 0.182. The van der Waals surface area contributed by atoms with Gasteiger partial charge in [-0.2, -0.15) is 4.98 Å². The van der Waals surface area contributed by atoms with Crippen LogP contribution in [-0.2, 0) is 4.79 Å². The third-order valence-electron chi connectivity index (χ3n) is 5.15. The zero-order chi connectivity index (χ0) is 24.0. The fourth-order valence-corrected chi connectivity index (χ4v) is 3.32. The summed E-state index contributed by atoms with van der Waals surface area (Å²) in [6.45, 7) is 4.97. The van der Waals surface area contributed by atoms with E-state index in [2.05, 4.69) is 20.2 Å². The summed E-state index contributed by atoms with van der Waals surface area (Å²) in [6, 6.07) is 14.0. The van der Waals surface area contributed by atoms with Crippen molar-refractivity contribution in [2.75, 3.05) is 27.2 Å². The van der Waals surface area contributed by atoms with E-state index in [1.54, 1.807) is 56.3 Å². The molecule has 3 N–H and O–H groups in total. The van der Waals surface area contributed by atoms with Crippen LogP contribution in [0.15, 0.2) is 53.3 Å². The largest absolute Gasteiger partial charge is 0.508 e. The average molecular weight is 451 g/mol. The third kappa shape index (κ3) is 6.66. The average Bonchev–Trinajstić information content (AvgIpc) is 2.78. The molecular formula is C25H30N4O4. The summed E-state index contributed by atoms with van der Waals surface area (Å²) in [6.07, 6.45) is 0.195. The molecule has 0 radical (unpaired) electrons. The number of benzene rings is 2. The predicted molar refractivity (Wildman–Crippen MR) is 128 cm³/mol. The molecule has 0 aliphatic carbocycles. The van der Waals surface area contributed by atoms with E-state index in [9.17, 15) is 14.7 Å². The van der Waals surface area contributed by atoms with Gasteiger partial charge >= 0.3 is 5.69 Å². The number of aromatic hydroxyl groups is 1. The number of hydrogen-bond donors (Lipinski definition) is 3. The van der Waals surface area contributed by atoms with Crippen molar-refractivity contribution in [3.05, 3.63) is 64.6 Å². The first kappa shape index (κ1) is 24.0. The lowest BCUT2D eigenvalue weighted by atomic mass is 10.1. The van der Waals surface area contributed by atoms with E-state index >= 15 is 0 Å². The van der Waals surface area contributed by atoms with Crippen LogP contribution >= 0.6 is 0 Å². The van der Waals surface area contributed by atoms with E-state index < -0.39 is 11.8 Å². The molecule has 1 heterocycles. The maximum Gasteiger partial charge on any atom is 0.345 e. The number of aromatic amines is 1. The number of nitrogens with zero attached hydrogens (tertiary/aromatic N) is 2. The van der Waals surface area contributed by atoms with E-state index in [1.165, 1.54) is 0 Å². The lowest BCUT2D eigenvalue weighted by Gasteiger charge is -2.16. The molecule has 3 aromatic rings. The molecule has 8 nitrogen and oxygen atoms in total. The number of H-pyrrole nitrogens is 1. The van der Waals surface area contributed by atoms with Gasteiger partial charge in [0.2, 0.25) is 0 Å².